The fraction of sp³-hybridized carbons (Fsp3) is 0.478. The zero-order valence-electron chi connectivity index (χ0n) is 18.9. The first-order valence-corrected chi connectivity index (χ1v) is 11.7. The number of carbonyl (C=O) groups excluding carboxylic acids is 4. The van der Waals surface area contributed by atoms with Gasteiger partial charge in [-0.05, 0) is 30.5 Å². The maximum Gasteiger partial charge on any atom is 0.273 e. The number of rotatable bonds is 4. The number of piperidine rings is 1. The largest absolute Gasteiger partial charge is 0.378 e. The van der Waals surface area contributed by atoms with Crippen molar-refractivity contribution in [2.75, 3.05) is 19.8 Å². The van der Waals surface area contributed by atoms with Gasteiger partial charge in [-0.15, -0.1) is 5.10 Å². The predicted octanol–water partition coefficient (Wildman–Crippen LogP) is -0.294. The second-order valence-corrected chi connectivity index (χ2v) is 9.32. The molecule has 4 aliphatic heterocycles. The van der Waals surface area contributed by atoms with Crippen LogP contribution in [0.1, 0.15) is 52.1 Å². The number of nitrogens with zero attached hydrogens (tertiary/aromatic N) is 4. The first-order chi connectivity index (χ1) is 16.9. The van der Waals surface area contributed by atoms with Crippen molar-refractivity contribution in [2.45, 2.75) is 49.9 Å². The number of hydrogen-bond donors (Lipinski definition) is 2. The van der Waals surface area contributed by atoms with Crippen LogP contribution in [-0.4, -0.2) is 81.0 Å². The van der Waals surface area contributed by atoms with Gasteiger partial charge in [0.1, 0.15) is 11.6 Å². The molecule has 0 bridgehead atoms. The molecule has 12 heteroatoms. The molecule has 0 saturated carbocycles. The van der Waals surface area contributed by atoms with Gasteiger partial charge in [0.05, 0.1) is 24.5 Å². The molecule has 6 rings (SSSR count). The molecule has 12 nitrogen and oxygen atoms in total. The molecule has 35 heavy (non-hydrogen) atoms. The third-order valence-electron chi connectivity index (χ3n) is 7.25. The number of hydrogen-bond acceptors (Lipinski definition) is 8. The van der Waals surface area contributed by atoms with Gasteiger partial charge in [0.15, 0.2) is 5.69 Å². The second kappa shape index (κ2) is 8.24. The number of carbonyl (C=O) groups is 4. The van der Waals surface area contributed by atoms with E-state index < -0.39 is 17.6 Å². The summed E-state index contributed by atoms with van der Waals surface area (Å²) in [5.41, 5.74) is 1.49. The molecule has 0 radical (unpaired) electrons. The Labute approximate surface area is 199 Å². The van der Waals surface area contributed by atoms with E-state index in [-0.39, 0.29) is 35.9 Å². The summed E-state index contributed by atoms with van der Waals surface area (Å²) in [5.74, 6) is -1.40. The van der Waals surface area contributed by atoms with E-state index in [1.54, 1.807) is 18.2 Å². The molecule has 3 atom stereocenters. The minimum Gasteiger partial charge on any atom is -0.378 e. The van der Waals surface area contributed by atoms with Crippen LogP contribution in [0.3, 0.4) is 0 Å². The maximum absolute atomic E-state index is 13.1. The average molecular weight is 480 g/mol. The van der Waals surface area contributed by atoms with Gasteiger partial charge in [0.2, 0.25) is 11.8 Å². The number of benzene rings is 1. The van der Waals surface area contributed by atoms with Gasteiger partial charge >= 0.3 is 0 Å². The Morgan fingerprint density at radius 1 is 1.20 bits per heavy atom. The van der Waals surface area contributed by atoms with Gasteiger partial charge in [-0.2, -0.15) is 0 Å². The van der Waals surface area contributed by atoms with E-state index in [1.165, 1.54) is 15.8 Å². The molecule has 4 amide bonds. The molecule has 3 saturated heterocycles. The SMILES string of the molecule is O=C1CCC(N2Cc3ccc(-n4cc(C(=O)NC5CCOC56CCOC6)nn4)cc3C2=O)C(=O)N1. The fourth-order valence-electron chi connectivity index (χ4n) is 5.31. The van der Waals surface area contributed by atoms with Crippen LogP contribution in [0.2, 0.25) is 0 Å². The summed E-state index contributed by atoms with van der Waals surface area (Å²) in [6.07, 6.45) is 3.47. The van der Waals surface area contributed by atoms with Crippen LogP contribution in [0.15, 0.2) is 24.4 Å². The zero-order chi connectivity index (χ0) is 24.2. The smallest absolute Gasteiger partial charge is 0.273 e. The highest BCUT2D eigenvalue weighted by molar-refractivity contribution is 6.05. The van der Waals surface area contributed by atoms with Gasteiger partial charge in [0, 0.05) is 38.2 Å². The second-order valence-electron chi connectivity index (χ2n) is 9.32. The third-order valence-corrected chi connectivity index (χ3v) is 7.25. The lowest BCUT2D eigenvalue weighted by Gasteiger charge is -2.29. The Kier molecular flexibility index (Phi) is 5.15. The molecule has 5 heterocycles. The van der Waals surface area contributed by atoms with Crippen molar-refractivity contribution in [1.82, 2.24) is 30.5 Å². The lowest BCUT2D eigenvalue weighted by atomic mass is 9.93. The number of imide groups is 1. The van der Waals surface area contributed by atoms with E-state index in [1.807, 2.05) is 0 Å². The quantitative estimate of drug-likeness (QED) is 0.568. The summed E-state index contributed by atoms with van der Waals surface area (Å²) >= 11 is 0. The Balaban J connectivity index is 1.17. The van der Waals surface area contributed by atoms with Crippen LogP contribution in [0, 0.1) is 0 Å². The minimum absolute atomic E-state index is 0.154. The van der Waals surface area contributed by atoms with Crippen molar-refractivity contribution in [2.24, 2.45) is 0 Å². The highest BCUT2D eigenvalue weighted by atomic mass is 16.6. The van der Waals surface area contributed by atoms with Crippen molar-refractivity contribution < 1.29 is 28.7 Å². The van der Waals surface area contributed by atoms with E-state index in [9.17, 15) is 19.2 Å². The summed E-state index contributed by atoms with van der Waals surface area (Å²) in [5, 5.41) is 13.4. The molecule has 1 aromatic heterocycles. The van der Waals surface area contributed by atoms with Crippen molar-refractivity contribution in [1.29, 1.82) is 0 Å². The molecule has 4 aliphatic rings. The third kappa shape index (κ3) is 3.69. The summed E-state index contributed by atoms with van der Waals surface area (Å²) in [4.78, 5) is 51.1. The minimum atomic E-state index is -0.675. The van der Waals surface area contributed by atoms with Gasteiger partial charge in [0.25, 0.3) is 11.8 Å². The normalized spacial score (nSPS) is 28.0. The Morgan fingerprint density at radius 2 is 2.09 bits per heavy atom. The zero-order valence-corrected chi connectivity index (χ0v) is 18.9. The molecular formula is C23H24N6O6. The average Bonchev–Trinajstić information content (AvgIpc) is 3.64. The van der Waals surface area contributed by atoms with E-state index in [0.29, 0.717) is 50.5 Å². The molecule has 3 fully saturated rings. The van der Waals surface area contributed by atoms with Crippen molar-refractivity contribution >= 4 is 23.6 Å². The lowest BCUT2D eigenvalue weighted by molar-refractivity contribution is -0.136. The molecule has 182 valence electrons. The van der Waals surface area contributed by atoms with E-state index in [4.69, 9.17) is 9.47 Å². The lowest BCUT2D eigenvalue weighted by Crippen LogP contribution is -2.52. The molecule has 2 aromatic rings. The van der Waals surface area contributed by atoms with Gasteiger partial charge in [-0.25, -0.2) is 4.68 Å². The Morgan fingerprint density at radius 3 is 2.89 bits per heavy atom. The van der Waals surface area contributed by atoms with Crippen LogP contribution >= 0.6 is 0 Å². The first kappa shape index (κ1) is 21.9. The van der Waals surface area contributed by atoms with Crippen LogP contribution in [-0.2, 0) is 25.6 Å². The number of aromatic nitrogens is 3. The van der Waals surface area contributed by atoms with E-state index >= 15 is 0 Å². The van der Waals surface area contributed by atoms with Gasteiger partial charge in [-0.1, -0.05) is 11.3 Å². The first-order valence-electron chi connectivity index (χ1n) is 11.7. The summed E-state index contributed by atoms with van der Waals surface area (Å²) in [7, 11) is 0. The van der Waals surface area contributed by atoms with Crippen LogP contribution < -0.4 is 10.6 Å². The molecule has 1 spiro atoms. The molecule has 2 N–H and O–H groups in total. The predicted molar refractivity (Wildman–Crippen MR) is 117 cm³/mol. The topological polar surface area (TPSA) is 145 Å². The number of nitrogens with one attached hydrogen (secondary N) is 2. The highest BCUT2D eigenvalue weighted by Crippen LogP contribution is 2.34. The monoisotopic (exact) mass is 480 g/mol. The molecule has 1 aromatic carbocycles. The van der Waals surface area contributed by atoms with Crippen LogP contribution in [0.25, 0.3) is 5.69 Å². The summed E-state index contributed by atoms with van der Waals surface area (Å²) in [6, 6.07) is 4.43. The van der Waals surface area contributed by atoms with Gasteiger partial charge in [-0.3, -0.25) is 24.5 Å². The van der Waals surface area contributed by atoms with E-state index in [2.05, 4.69) is 20.9 Å². The Hall–Kier alpha value is -3.64. The summed E-state index contributed by atoms with van der Waals surface area (Å²) in [6.45, 7) is 1.94. The number of amides is 4. The summed E-state index contributed by atoms with van der Waals surface area (Å²) < 4.78 is 12.8. The highest BCUT2D eigenvalue weighted by Gasteiger charge is 2.48. The standard InChI is InChI=1S/C23H24N6O6/c30-19-4-3-17(21(32)25-19)28-10-13-1-2-14(9-15(13)22(28)33)29-11-16(26-27-29)20(31)24-18-5-7-35-23(18)6-8-34-12-23/h1-2,9,11,17-18H,3-8,10,12H2,(H,24,31)(H,25,30,32). The van der Waals surface area contributed by atoms with Crippen LogP contribution in [0.5, 0.6) is 0 Å². The van der Waals surface area contributed by atoms with Crippen molar-refractivity contribution in [3.8, 4) is 5.69 Å². The van der Waals surface area contributed by atoms with E-state index in [0.717, 1.165) is 12.0 Å². The van der Waals surface area contributed by atoms with Crippen molar-refractivity contribution in [3.63, 3.8) is 0 Å². The van der Waals surface area contributed by atoms with Crippen molar-refractivity contribution in [3.05, 3.63) is 41.2 Å². The fourth-order valence-corrected chi connectivity index (χ4v) is 5.31. The Bertz CT molecular complexity index is 1230. The molecular weight excluding hydrogens is 456 g/mol. The maximum atomic E-state index is 13.1. The van der Waals surface area contributed by atoms with Gasteiger partial charge < -0.3 is 19.7 Å². The molecule has 0 aliphatic carbocycles. The number of ether oxygens (including phenoxy) is 2. The van der Waals surface area contributed by atoms with Crippen LogP contribution in [0.4, 0.5) is 0 Å². The number of fused-ring (bicyclic) bond motifs is 1. The molecule has 3 unspecified atom stereocenters.